The molecule has 0 aliphatic rings. The van der Waals surface area contributed by atoms with Gasteiger partial charge in [-0.25, -0.2) is 0 Å². The normalized spacial score (nSPS) is 12.4. The molecule has 0 aromatic carbocycles. The molecular formula is C21H40NNaO4S. The fourth-order valence-corrected chi connectivity index (χ4v) is 3.49. The molecule has 0 fully saturated rings. The number of hydrogen-bond acceptors (Lipinski definition) is 4. The van der Waals surface area contributed by atoms with Gasteiger partial charge < -0.3 is 10.1 Å². The second-order valence-electron chi connectivity index (χ2n) is 7.29. The zero-order valence-electron chi connectivity index (χ0n) is 18.2. The summed E-state index contributed by atoms with van der Waals surface area (Å²) in [7, 11) is -3.90. The van der Waals surface area contributed by atoms with Crippen LogP contribution >= 0.6 is 0 Å². The average molecular weight is 426 g/mol. The van der Waals surface area contributed by atoms with Crippen LogP contribution in [0.5, 0.6) is 0 Å². The van der Waals surface area contributed by atoms with Gasteiger partial charge in [-0.2, -0.15) is 8.42 Å². The molecule has 0 spiro atoms. The Kier molecular flexibility index (Phi) is 23.6. The van der Waals surface area contributed by atoms with Gasteiger partial charge in [0.25, 0.3) is 10.1 Å². The minimum Gasteiger partial charge on any atom is -0.859 e. The molecule has 0 saturated carbocycles. The Bertz CT molecular complexity index is 493. The SMILES string of the molecule is CCCCCCCCCCCCCC/C=C/C([O-])=NCCCCS(=O)(=O)O.[Na+]. The van der Waals surface area contributed by atoms with E-state index in [4.69, 9.17) is 4.55 Å². The maximum absolute atomic E-state index is 11.5. The van der Waals surface area contributed by atoms with Crippen LogP contribution in [0.2, 0.25) is 0 Å². The van der Waals surface area contributed by atoms with Crippen molar-refractivity contribution in [2.75, 3.05) is 12.3 Å². The Morgan fingerprint density at radius 1 is 0.857 bits per heavy atom. The van der Waals surface area contributed by atoms with E-state index in [1.54, 1.807) is 0 Å². The van der Waals surface area contributed by atoms with Crippen LogP contribution in [0, 0.1) is 0 Å². The molecule has 0 bridgehead atoms. The number of rotatable bonds is 19. The van der Waals surface area contributed by atoms with Crippen LogP contribution in [-0.2, 0) is 10.1 Å². The summed E-state index contributed by atoms with van der Waals surface area (Å²) in [5.41, 5.74) is 0. The Morgan fingerprint density at radius 2 is 1.36 bits per heavy atom. The smallest absolute Gasteiger partial charge is 0.859 e. The minimum absolute atomic E-state index is 0. The first-order chi connectivity index (χ1) is 13.0. The maximum Gasteiger partial charge on any atom is 1.00 e. The topological polar surface area (TPSA) is 89.8 Å². The van der Waals surface area contributed by atoms with Gasteiger partial charge in [0.15, 0.2) is 0 Å². The fourth-order valence-electron chi connectivity index (χ4n) is 2.93. The van der Waals surface area contributed by atoms with Crippen LogP contribution in [0.3, 0.4) is 0 Å². The fraction of sp³-hybridized carbons (Fsp3) is 0.857. The van der Waals surface area contributed by atoms with Gasteiger partial charge in [0.1, 0.15) is 0 Å². The molecule has 28 heavy (non-hydrogen) atoms. The van der Waals surface area contributed by atoms with Crippen LogP contribution in [-0.4, -0.2) is 31.2 Å². The summed E-state index contributed by atoms with van der Waals surface area (Å²) in [6.45, 7) is 2.56. The van der Waals surface area contributed by atoms with Crippen LogP contribution in [0.4, 0.5) is 0 Å². The third-order valence-electron chi connectivity index (χ3n) is 4.56. The molecule has 0 aliphatic heterocycles. The summed E-state index contributed by atoms with van der Waals surface area (Å²) >= 11 is 0. The first-order valence-corrected chi connectivity index (χ1v) is 12.4. The van der Waals surface area contributed by atoms with E-state index in [2.05, 4.69) is 11.9 Å². The number of allylic oxidation sites excluding steroid dienone is 1. The molecule has 0 saturated heterocycles. The van der Waals surface area contributed by atoms with Gasteiger partial charge in [0.2, 0.25) is 0 Å². The van der Waals surface area contributed by atoms with Crippen molar-refractivity contribution in [1.82, 2.24) is 0 Å². The molecule has 0 aromatic rings. The molecule has 0 atom stereocenters. The molecular weight excluding hydrogens is 385 g/mol. The Morgan fingerprint density at radius 3 is 1.86 bits per heavy atom. The second-order valence-corrected chi connectivity index (χ2v) is 8.87. The van der Waals surface area contributed by atoms with Gasteiger partial charge in [-0.05, 0) is 31.6 Å². The van der Waals surface area contributed by atoms with Crippen molar-refractivity contribution in [3.05, 3.63) is 12.2 Å². The van der Waals surface area contributed by atoms with E-state index >= 15 is 0 Å². The molecule has 0 radical (unpaired) electrons. The molecule has 0 aromatic heterocycles. The summed E-state index contributed by atoms with van der Waals surface area (Å²) in [5, 5.41) is 11.5. The predicted octanol–water partition coefficient (Wildman–Crippen LogP) is 2.06. The Balaban J connectivity index is 0. The van der Waals surface area contributed by atoms with Gasteiger partial charge in [-0.1, -0.05) is 89.7 Å². The minimum atomic E-state index is -3.90. The van der Waals surface area contributed by atoms with Crippen molar-refractivity contribution in [2.24, 2.45) is 4.99 Å². The van der Waals surface area contributed by atoms with Crippen molar-refractivity contribution in [1.29, 1.82) is 0 Å². The van der Waals surface area contributed by atoms with Gasteiger partial charge in [0, 0.05) is 6.54 Å². The van der Waals surface area contributed by atoms with Crippen molar-refractivity contribution in [3.8, 4) is 0 Å². The molecule has 0 unspecified atom stereocenters. The van der Waals surface area contributed by atoms with E-state index in [-0.39, 0.29) is 41.2 Å². The monoisotopic (exact) mass is 425 g/mol. The summed E-state index contributed by atoms with van der Waals surface area (Å²) in [6, 6.07) is 0. The number of aliphatic imine (C=N–C) groups is 1. The molecule has 5 nitrogen and oxygen atoms in total. The zero-order valence-corrected chi connectivity index (χ0v) is 21.0. The van der Waals surface area contributed by atoms with E-state index in [0.717, 1.165) is 12.8 Å². The van der Waals surface area contributed by atoms with Crippen molar-refractivity contribution >= 4 is 16.0 Å². The van der Waals surface area contributed by atoms with Crippen LogP contribution < -0.4 is 34.7 Å². The molecule has 0 heterocycles. The quantitative estimate of drug-likeness (QED) is 0.113. The van der Waals surface area contributed by atoms with Crippen molar-refractivity contribution < 1.29 is 47.6 Å². The van der Waals surface area contributed by atoms with Crippen LogP contribution in [0.1, 0.15) is 103 Å². The summed E-state index contributed by atoms with van der Waals surface area (Å²) in [5.74, 6) is -0.535. The predicted molar refractivity (Wildman–Crippen MR) is 113 cm³/mol. The molecule has 0 rings (SSSR count). The van der Waals surface area contributed by atoms with Crippen molar-refractivity contribution in [2.45, 2.75) is 103 Å². The molecule has 160 valence electrons. The summed E-state index contributed by atoms with van der Waals surface area (Å²) in [6.07, 6.45) is 21.0. The second kappa shape index (κ2) is 21.8. The van der Waals surface area contributed by atoms with E-state index < -0.39 is 10.1 Å². The van der Waals surface area contributed by atoms with E-state index in [0.29, 0.717) is 19.4 Å². The number of hydrogen-bond donors (Lipinski definition) is 1. The maximum atomic E-state index is 11.5. The summed E-state index contributed by atoms with van der Waals surface area (Å²) < 4.78 is 29.7. The molecule has 0 aliphatic carbocycles. The standard InChI is InChI=1S/C21H41NO4S.Na/c1-2-3-4-5-6-7-8-9-10-11-12-13-14-15-18-21(23)22-19-16-17-20-27(24,25)26;/h15,18H,2-14,16-17,19-20H2,1H3,(H,22,23)(H,24,25,26);/q;+1/p-1/b18-15+;. The first kappa shape index (κ1) is 30.3. The summed E-state index contributed by atoms with van der Waals surface area (Å²) in [4.78, 5) is 3.84. The van der Waals surface area contributed by atoms with Gasteiger partial charge >= 0.3 is 29.6 Å². The van der Waals surface area contributed by atoms with Gasteiger partial charge in [-0.15, -0.1) is 0 Å². The van der Waals surface area contributed by atoms with Gasteiger partial charge in [-0.3, -0.25) is 4.55 Å². The Hall–Kier alpha value is 0.120. The van der Waals surface area contributed by atoms with E-state index in [9.17, 15) is 13.5 Å². The molecule has 0 amide bonds. The number of nitrogens with zero attached hydrogens (tertiary/aromatic N) is 1. The first-order valence-electron chi connectivity index (χ1n) is 10.8. The molecule has 7 heteroatoms. The average Bonchev–Trinajstić information content (AvgIpc) is 2.60. The largest absolute Gasteiger partial charge is 1.00 e. The third kappa shape index (κ3) is 26.1. The van der Waals surface area contributed by atoms with Crippen LogP contribution in [0.15, 0.2) is 17.1 Å². The van der Waals surface area contributed by atoms with Gasteiger partial charge in [0.05, 0.1) is 5.75 Å². The van der Waals surface area contributed by atoms with Crippen molar-refractivity contribution in [3.63, 3.8) is 0 Å². The third-order valence-corrected chi connectivity index (χ3v) is 5.37. The zero-order chi connectivity index (χ0) is 20.2. The van der Waals surface area contributed by atoms with E-state index in [1.165, 1.54) is 76.7 Å². The Labute approximate surface area is 195 Å². The van der Waals surface area contributed by atoms with E-state index in [1.807, 2.05) is 6.08 Å². The van der Waals surface area contributed by atoms with Crippen LogP contribution in [0.25, 0.3) is 0 Å². The molecule has 1 N–H and O–H groups in total. The number of unbranched alkanes of at least 4 members (excludes halogenated alkanes) is 13.